The molecule has 0 aliphatic rings. The first kappa shape index (κ1) is 18.0. The maximum atomic E-state index is 5.09. The topological polar surface area (TPSA) is 21.3 Å². The summed E-state index contributed by atoms with van der Waals surface area (Å²) in [6.07, 6.45) is 2.52. The van der Waals surface area contributed by atoms with Crippen LogP contribution in [0.5, 0.6) is 0 Å². The number of rotatable bonds is 11. The predicted octanol–water partition coefficient (Wildman–Crippen LogP) is 4.30. The minimum atomic E-state index is 0.585. The lowest BCUT2D eigenvalue weighted by atomic mass is 9.94. The third kappa shape index (κ3) is 7.67. The SMILES string of the molecule is CCSCCCC(CNCCOC)c1cccc(Br)c1. The summed E-state index contributed by atoms with van der Waals surface area (Å²) in [5.74, 6) is 3.06. The molecule has 0 radical (unpaired) electrons. The molecule has 1 unspecified atom stereocenters. The molecule has 0 bridgehead atoms. The summed E-state index contributed by atoms with van der Waals surface area (Å²) >= 11 is 5.60. The summed E-state index contributed by atoms with van der Waals surface area (Å²) in [7, 11) is 1.75. The molecule has 2 nitrogen and oxygen atoms in total. The number of nitrogens with one attached hydrogen (secondary N) is 1. The lowest BCUT2D eigenvalue weighted by Gasteiger charge is -2.18. The van der Waals surface area contributed by atoms with Gasteiger partial charge in [0.25, 0.3) is 0 Å². The highest BCUT2D eigenvalue weighted by Gasteiger charge is 2.11. The van der Waals surface area contributed by atoms with Gasteiger partial charge in [0.15, 0.2) is 0 Å². The summed E-state index contributed by atoms with van der Waals surface area (Å²) in [4.78, 5) is 0. The normalized spacial score (nSPS) is 12.6. The van der Waals surface area contributed by atoms with E-state index in [9.17, 15) is 0 Å². The Morgan fingerprint density at radius 1 is 1.40 bits per heavy atom. The maximum Gasteiger partial charge on any atom is 0.0587 e. The Balaban J connectivity index is 2.49. The first-order chi connectivity index (χ1) is 9.77. The van der Waals surface area contributed by atoms with Crippen LogP contribution in [0.15, 0.2) is 28.7 Å². The molecule has 1 N–H and O–H groups in total. The minimum absolute atomic E-state index is 0.585. The summed E-state index contributed by atoms with van der Waals surface area (Å²) in [6.45, 7) is 4.95. The van der Waals surface area contributed by atoms with Crippen molar-refractivity contribution in [3.63, 3.8) is 0 Å². The monoisotopic (exact) mass is 359 g/mol. The van der Waals surface area contributed by atoms with E-state index in [0.717, 1.165) is 19.7 Å². The fourth-order valence-corrected chi connectivity index (χ4v) is 3.25. The molecule has 0 aliphatic heterocycles. The lowest BCUT2D eigenvalue weighted by Crippen LogP contribution is -2.25. The van der Waals surface area contributed by atoms with Crippen LogP contribution < -0.4 is 5.32 Å². The van der Waals surface area contributed by atoms with E-state index in [-0.39, 0.29) is 0 Å². The van der Waals surface area contributed by atoms with Crippen molar-refractivity contribution in [2.45, 2.75) is 25.7 Å². The van der Waals surface area contributed by atoms with Gasteiger partial charge in [0.2, 0.25) is 0 Å². The van der Waals surface area contributed by atoms with Gasteiger partial charge in [0.1, 0.15) is 0 Å². The molecule has 114 valence electrons. The fraction of sp³-hybridized carbons (Fsp3) is 0.625. The molecule has 0 saturated carbocycles. The van der Waals surface area contributed by atoms with Crippen LogP contribution in [0.1, 0.15) is 31.2 Å². The molecule has 1 aromatic carbocycles. The Bertz CT molecular complexity index is 350. The standard InChI is InChI=1S/C16H26BrNOS/c1-3-20-11-5-7-15(13-18-9-10-19-2)14-6-4-8-16(17)12-14/h4,6,8,12,15,18H,3,5,7,9-11,13H2,1-2H3. The van der Waals surface area contributed by atoms with Crippen LogP contribution in [0.3, 0.4) is 0 Å². The minimum Gasteiger partial charge on any atom is -0.383 e. The van der Waals surface area contributed by atoms with E-state index in [1.54, 1.807) is 7.11 Å². The molecule has 0 fully saturated rings. The number of thioether (sulfide) groups is 1. The smallest absolute Gasteiger partial charge is 0.0587 e. The molecule has 0 aliphatic carbocycles. The highest BCUT2D eigenvalue weighted by Crippen LogP contribution is 2.24. The van der Waals surface area contributed by atoms with Crippen LogP contribution in [0, 0.1) is 0 Å². The van der Waals surface area contributed by atoms with Crippen LogP contribution in [0.4, 0.5) is 0 Å². The van der Waals surface area contributed by atoms with Crippen molar-refractivity contribution < 1.29 is 4.74 Å². The fourth-order valence-electron chi connectivity index (χ4n) is 2.17. The van der Waals surface area contributed by atoms with Crippen molar-refractivity contribution in [3.05, 3.63) is 34.3 Å². The van der Waals surface area contributed by atoms with E-state index < -0.39 is 0 Å². The molecule has 0 heterocycles. The average molecular weight is 360 g/mol. The Hall–Kier alpha value is -0.0300. The zero-order chi connectivity index (χ0) is 14.6. The summed E-state index contributed by atoms with van der Waals surface area (Å²) in [6, 6.07) is 8.70. The molecule has 1 aromatic rings. The van der Waals surface area contributed by atoms with Gasteiger partial charge in [-0.2, -0.15) is 11.8 Å². The highest BCUT2D eigenvalue weighted by atomic mass is 79.9. The number of halogens is 1. The van der Waals surface area contributed by atoms with E-state index in [2.05, 4.69) is 52.4 Å². The molecule has 0 spiro atoms. The van der Waals surface area contributed by atoms with Gasteiger partial charge < -0.3 is 10.1 Å². The molecular formula is C16H26BrNOS. The molecule has 4 heteroatoms. The van der Waals surface area contributed by atoms with Crippen molar-refractivity contribution in [2.75, 3.05) is 38.3 Å². The number of hydrogen-bond acceptors (Lipinski definition) is 3. The average Bonchev–Trinajstić information content (AvgIpc) is 2.45. The van der Waals surface area contributed by atoms with Gasteiger partial charge in [0, 0.05) is 24.7 Å². The Kier molecular flexibility index (Phi) is 10.5. The van der Waals surface area contributed by atoms with Crippen molar-refractivity contribution in [1.29, 1.82) is 0 Å². The van der Waals surface area contributed by atoms with Crippen molar-refractivity contribution in [3.8, 4) is 0 Å². The number of ether oxygens (including phenoxy) is 1. The van der Waals surface area contributed by atoms with Crippen LogP contribution in [-0.4, -0.2) is 38.3 Å². The van der Waals surface area contributed by atoms with Crippen molar-refractivity contribution in [2.24, 2.45) is 0 Å². The first-order valence-corrected chi connectivity index (χ1v) is 9.25. The lowest BCUT2D eigenvalue weighted by molar-refractivity contribution is 0.198. The van der Waals surface area contributed by atoms with Gasteiger partial charge in [-0.15, -0.1) is 0 Å². The predicted molar refractivity (Wildman–Crippen MR) is 93.9 cm³/mol. The third-order valence-electron chi connectivity index (χ3n) is 3.24. The Labute approximate surface area is 136 Å². The second kappa shape index (κ2) is 11.6. The van der Waals surface area contributed by atoms with E-state index in [0.29, 0.717) is 5.92 Å². The number of methoxy groups -OCH3 is 1. The maximum absolute atomic E-state index is 5.09. The number of hydrogen-bond donors (Lipinski definition) is 1. The van der Waals surface area contributed by atoms with Gasteiger partial charge in [-0.05, 0) is 48.0 Å². The molecule has 0 saturated heterocycles. The first-order valence-electron chi connectivity index (χ1n) is 7.30. The highest BCUT2D eigenvalue weighted by molar-refractivity contribution is 9.10. The van der Waals surface area contributed by atoms with Crippen LogP contribution in [0.25, 0.3) is 0 Å². The molecule has 0 aromatic heterocycles. The van der Waals surface area contributed by atoms with Gasteiger partial charge in [-0.1, -0.05) is 35.0 Å². The second-order valence-corrected chi connectivity index (χ2v) is 7.10. The Morgan fingerprint density at radius 2 is 2.25 bits per heavy atom. The van der Waals surface area contributed by atoms with Gasteiger partial charge in [-0.3, -0.25) is 0 Å². The van der Waals surface area contributed by atoms with Crippen LogP contribution in [0.2, 0.25) is 0 Å². The number of benzene rings is 1. The molecule has 1 rings (SSSR count). The van der Waals surface area contributed by atoms with Gasteiger partial charge in [-0.25, -0.2) is 0 Å². The van der Waals surface area contributed by atoms with Gasteiger partial charge in [0.05, 0.1) is 6.61 Å². The van der Waals surface area contributed by atoms with Crippen LogP contribution >= 0.6 is 27.7 Å². The zero-order valence-electron chi connectivity index (χ0n) is 12.5. The summed E-state index contributed by atoms with van der Waals surface area (Å²) < 4.78 is 6.25. The van der Waals surface area contributed by atoms with Crippen molar-refractivity contribution >= 4 is 27.7 Å². The Morgan fingerprint density at radius 3 is 2.95 bits per heavy atom. The quantitative estimate of drug-likeness (QED) is 0.595. The van der Waals surface area contributed by atoms with Crippen molar-refractivity contribution in [1.82, 2.24) is 5.32 Å². The zero-order valence-corrected chi connectivity index (χ0v) is 14.9. The van der Waals surface area contributed by atoms with Crippen LogP contribution in [-0.2, 0) is 4.74 Å². The van der Waals surface area contributed by atoms with E-state index in [1.807, 2.05) is 11.8 Å². The summed E-state index contributed by atoms with van der Waals surface area (Å²) in [5.41, 5.74) is 1.42. The van der Waals surface area contributed by atoms with E-state index in [1.165, 1.54) is 34.4 Å². The molecule has 1 atom stereocenters. The molecule has 20 heavy (non-hydrogen) atoms. The van der Waals surface area contributed by atoms with E-state index >= 15 is 0 Å². The van der Waals surface area contributed by atoms with E-state index in [4.69, 9.17) is 4.74 Å². The summed E-state index contributed by atoms with van der Waals surface area (Å²) in [5, 5.41) is 3.50. The third-order valence-corrected chi connectivity index (χ3v) is 4.72. The second-order valence-electron chi connectivity index (χ2n) is 4.79. The largest absolute Gasteiger partial charge is 0.383 e. The molecular weight excluding hydrogens is 334 g/mol. The molecule has 0 amide bonds. The van der Waals surface area contributed by atoms with Gasteiger partial charge >= 0.3 is 0 Å².